The van der Waals surface area contributed by atoms with Gasteiger partial charge in [0.2, 0.25) is 5.91 Å². The zero-order valence-electron chi connectivity index (χ0n) is 16.1. The number of benzene rings is 2. The van der Waals surface area contributed by atoms with Gasteiger partial charge in [0.05, 0.1) is 12.9 Å². The SMILES string of the molecule is CCn1c(Cc2ccccc2)nnc1SCC(=O)NCc1ccccc1OC. The van der Waals surface area contributed by atoms with E-state index in [1.165, 1.54) is 17.3 Å². The molecule has 0 aliphatic heterocycles. The number of ether oxygens (including phenoxy) is 1. The zero-order chi connectivity index (χ0) is 19.8. The number of nitrogens with zero attached hydrogens (tertiary/aromatic N) is 3. The molecule has 3 aromatic rings. The minimum atomic E-state index is -0.0498. The third-order valence-corrected chi connectivity index (χ3v) is 5.28. The van der Waals surface area contributed by atoms with Crippen molar-refractivity contribution in [2.75, 3.05) is 12.9 Å². The van der Waals surface area contributed by atoms with Gasteiger partial charge in [0.1, 0.15) is 11.6 Å². The van der Waals surface area contributed by atoms with Crippen LogP contribution in [0.1, 0.15) is 23.9 Å². The number of hydrogen-bond acceptors (Lipinski definition) is 5. The van der Waals surface area contributed by atoms with Crippen LogP contribution in [0, 0.1) is 0 Å². The van der Waals surface area contributed by atoms with Crippen molar-refractivity contribution in [1.29, 1.82) is 0 Å². The summed E-state index contributed by atoms with van der Waals surface area (Å²) in [5.74, 6) is 1.92. The number of nitrogens with one attached hydrogen (secondary N) is 1. The van der Waals surface area contributed by atoms with Crippen LogP contribution in [0.2, 0.25) is 0 Å². The Kier molecular flexibility index (Phi) is 7.08. The minimum absolute atomic E-state index is 0.0498. The average Bonchev–Trinajstić information content (AvgIpc) is 3.13. The number of amides is 1. The van der Waals surface area contributed by atoms with Crippen molar-refractivity contribution >= 4 is 17.7 Å². The molecule has 0 bridgehead atoms. The maximum absolute atomic E-state index is 12.3. The van der Waals surface area contributed by atoms with Crippen LogP contribution in [0.25, 0.3) is 0 Å². The molecule has 0 atom stereocenters. The molecular formula is C21H24N4O2S. The number of carbonyl (C=O) groups excluding carboxylic acids is 1. The van der Waals surface area contributed by atoms with Gasteiger partial charge < -0.3 is 14.6 Å². The summed E-state index contributed by atoms with van der Waals surface area (Å²) in [7, 11) is 1.63. The van der Waals surface area contributed by atoms with Crippen molar-refractivity contribution in [2.24, 2.45) is 0 Å². The van der Waals surface area contributed by atoms with Gasteiger partial charge in [-0.2, -0.15) is 0 Å². The first kappa shape index (κ1) is 19.9. The predicted octanol–water partition coefficient (Wildman–Crippen LogP) is 3.31. The van der Waals surface area contributed by atoms with Crippen molar-refractivity contribution in [3.05, 3.63) is 71.5 Å². The molecule has 1 amide bonds. The minimum Gasteiger partial charge on any atom is -0.496 e. The zero-order valence-corrected chi connectivity index (χ0v) is 16.9. The molecule has 146 valence electrons. The van der Waals surface area contributed by atoms with Gasteiger partial charge in [-0.3, -0.25) is 4.79 Å². The Bertz CT molecular complexity index is 912. The lowest BCUT2D eigenvalue weighted by Crippen LogP contribution is -2.25. The number of para-hydroxylation sites is 1. The van der Waals surface area contributed by atoms with Gasteiger partial charge >= 0.3 is 0 Å². The number of methoxy groups -OCH3 is 1. The van der Waals surface area contributed by atoms with Crippen molar-refractivity contribution in [1.82, 2.24) is 20.1 Å². The predicted molar refractivity (Wildman–Crippen MR) is 111 cm³/mol. The summed E-state index contributed by atoms with van der Waals surface area (Å²) in [4.78, 5) is 12.3. The van der Waals surface area contributed by atoms with Crippen LogP contribution in [0.5, 0.6) is 5.75 Å². The van der Waals surface area contributed by atoms with Crippen LogP contribution in [0.3, 0.4) is 0 Å². The molecule has 7 heteroatoms. The lowest BCUT2D eigenvalue weighted by molar-refractivity contribution is -0.118. The first-order valence-corrected chi connectivity index (χ1v) is 10.2. The Morgan fingerprint density at radius 2 is 1.86 bits per heavy atom. The fraction of sp³-hybridized carbons (Fsp3) is 0.286. The van der Waals surface area contributed by atoms with E-state index in [1.807, 2.05) is 42.5 Å². The van der Waals surface area contributed by atoms with E-state index in [0.29, 0.717) is 12.3 Å². The smallest absolute Gasteiger partial charge is 0.230 e. The Morgan fingerprint density at radius 3 is 2.61 bits per heavy atom. The number of carbonyl (C=O) groups is 1. The molecule has 0 aliphatic carbocycles. The molecule has 1 aromatic heterocycles. The normalized spacial score (nSPS) is 10.6. The monoisotopic (exact) mass is 396 g/mol. The molecule has 0 radical (unpaired) electrons. The van der Waals surface area contributed by atoms with E-state index in [2.05, 4.69) is 39.1 Å². The molecule has 6 nitrogen and oxygen atoms in total. The van der Waals surface area contributed by atoms with E-state index in [0.717, 1.165) is 35.3 Å². The quantitative estimate of drug-likeness (QED) is 0.562. The van der Waals surface area contributed by atoms with Crippen molar-refractivity contribution in [3.63, 3.8) is 0 Å². The Labute approximate surface area is 169 Å². The fourth-order valence-corrected chi connectivity index (χ4v) is 3.73. The molecule has 28 heavy (non-hydrogen) atoms. The van der Waals surface area contributed by atoms with E-state index in [9.17, 15) is 4.79 Å². The van der Waals surface area contributed by atoms with Gasteiger partial charge in [0, 0.05) is 25.1 Å². The highest BCUT2D eigenvalue weighted by molar-refractivity contribution is 7.99. The van der Waals surface area contributed by atoms with Crippen LogP contribution >= 0.6 is 11.8 Å². The highest BCUT2D eigenvalue weighted by atomic mass is 32.2. The first-order valence-electron chi connectivity index (χ1n) is 9.18. The summed E-state index contributed by atoms with van der Waals surface area (Å²) in [5, 5.41) is 12.3. The summed E-state index contributed by atoms with van der Waals surface area (Å²) in [5.41, 5.74) is 2.14. The van der Waals surface area contributed by atoms with E-state index >= 15 is 0 Å². The van der Waals surface area contributed by atoms with E-state index in [1.54, 1.807) is 7.11 Å². The van der Waals surface area contributed by atoms with E-state index in [4.69, 9.17) is 4.74 Å². The number of thioether (sulfide) groups is 1. The number of rotatable bonds is 9. The maximum Gasteiger partial charge on any atom is 0.230 e. The van der Waals surface area contributed by atoms with Gasteiger partial charge in [-0.05, 0) is 18.6 Å². The number of hydrogen-bond donors (Lipinski definition) is 1. The summed E-state index contributed by atoms with van der Waals surface area (Å²) in [6.07, 6.45) is 0.724. The lowest BCUT2D eigenvalue weighted by Gasteiger charge is -2.10. The second kappa shape index (κ2) is 9.94. The van der Waals surface area contributed by atoms with Gasteiger partial charge in [-0.1, -0.05) is 60.3 Å². The molecule has 1 heterocycles. The highest BCUT2D eigenvalue weighted by Gasteiger charge is 2.14. The van der Waals surface area contributed by atoms with Gasteiger partial charge in [-0.15, -0.1) is 10.2 Å². The molecule has 0 aliphatic rings. The Balaban J connectivity index is 1.56. The molecule has 0 spiro atoms. The molecule has 0 fully saturated rings. The maximum atomic E-state index is 12.3. The van der Waals surface area contributed by atoms with Crippen molar-refractivity contribution in [2.45, 2.75) is 31.6 Å². The summed E-state index contributed by atoms with van der Waals surface area (Å²) < 4.78 is 7.37. The lowest BCUT2D eigenvalue weighted by atomic mass is 10.1. The second-order valence-corrected chi connectivity index (χ2v) is 7.13. The second-order valence-electron chi connectivity index (χ2n) is 6.18. The molecule has 0 saturated heterocycles. The standard InChI is InChI=1S/C21H24N4O2S/c1-3-25-19(13-16-9-5-4-6-10-16)23-24-21(25)28-15-20(26)22-14-17-11-7-8-12-18(17)27-2/h4-12H,3,13-15H2,1-2H3,(H,22,26). The molecule has 0 saturated carbocycles. The third kappa shape index (κ3) is 5.13. The van der Waals surface area contributed by atoms with Gasteiger partial charge in [0.15, 0.2) is 5.16 Å². The molecule has 2 aromatic carbocycles. The highest BCUT2D eigenvalue weighted by Crippen LogP contribution is 2.19. The topological polar surface area (TPSA) is 69.0 Å². The largest absolute Gasteiger partial charge is 0.496 e. The van der Waals surface area contributed by atoms with Crippen molar-refractivity contribution < 1.29 is 9.53 Å². The molecule has 0 unspecified atom stereocenters. The van der Waals surface area contributed by atoms with Crippen LogP contribution in [0.4, 0.5) is 0 Å². The van der Waals surface area contributed by atoms with Crippen LogP contribution < -0.4 is 10.1 Å². The van der Waals surface area contributed by atoms with E-state index < -0.39 is 0 Å². The first-order chi connectivity index (χ1) is 13.7. The van der Waals surface area contributed by atoms with Crippen LogP contribution in [0.15, 0.2) is 59.8 Å². The summed E-state index contributed by atoms with van der Waals surface area (Å²) in [6.45, 7) is 3.26. The third-order valence-electron chi connectivity index (χ3n) is 4.32. The fourth-order valence-electron chi connectivity index (χ4n) is 2.88. The summed E-state index contributed by atoms with van der Waals surface area (Å²) >= 11 is 1.40. The summed E-state index contributed by atoms with van der Waals surface area (Å²) in [6, 6.07) is 17.8. The van der Waals surface area contributed by atoms with E-state index in [-0.39, 0.29) is 5.91 Å². The number of aromatic nitrogens is 3. The van der Waals surface area contributed by atoms with Crippen LogP contribution in [-0.2, 0) is 24.3 Å². The van der Waals surface area contributed by atoms with Crippen molar-refractivity contribution in [3.8, 4) is 5.75 Å². The molecule has 3 rings (SSSR count). The van der Waals surface area contributed by atoms with Gasteiger partial charge in [-0.25, -0.2) is 0 Å². The molecular weight excluding hydrogens is 372 g/mol. The van der Waals surface area contributed by atoms with Gasteiger partial charge in [0.25, 0.3) is 0 Å². The van der Waals surface area contributed by atoms with Crippen LogP contribution in [-0.4, -0.2) is 33.5 Å². The molecule has 1 N–H and O–H groups in total. The Hall–Kier alpha value is -2.80. The average molecular weight is 397 g/mol. The Morgan fingerprint density at radius 1 is 1.11 bits per heavy atom.